The van der Waals surface area contributed by atoms with E-state index >= 15 is 0 Å². The van der Waals surface area contributed by atoms with E-state index in [0.717, 1.165) is 19.5 Å². The third-order valence-corrected chi connectivity index (χ3v) is 3.83. The van der Waals surface area contributed by atoms with E-state index in [2.05, 4.69) is 22.4 Å². The quantitative estimate of drug-likeness (QED) is 0.935. The Labute approximate surface area is 123 Å². The average Bonchev–Trinajstić information content (AvgIpc) is 3.01. The van der Waals surface area contributed by atoms with E-state index in [4.69, 9.17) is 16.3 Å². The molecule has 0 aliphatic carbocycles. The fraction of sp³-hybridized carbons (Fsp3) is 0.312. The van der Waals surface area contributed by atoms with Crippen molar-refractivity contribution in [3.63, 3.8) is 0 Å². The topological polar surface area (TPSA) is 34.1 Å². The SMILES string of the molecule is Clc1ccc(O[C@@H](c2ccccc2)[C@H]2CCNC2)nc1. The van der Waals surface area contributed by atoms with Crippen LogP contribution in [0.5, 0.6) is 5.88 Å². The Morgan fingerprint density at radius 3 is 2.70 bits per heavy atom. The highest BCUT2D eigenvalue weighted by Gasteiger charge is 2.28. The van der Waals surface area contributed by atoms with Crippen molar-refractivity contribution in [2.45, 2.75) is 12.5 Å². The number of aromatic nitrogens is 1. The van der Waals surface area contributed by atoms with E-state index in [0.29, 0.717) is 16.8 Å². The second-order valence-electron chi connectivity index (χ2n) is 5.02. The first-order valence-electron chi connectivity index (χ1n) is 6.87. The predicted molar refractivity (Wildman–Crippen MR) is 80.0 cm³/mol. The molecule has 0 radical (unpaired) electrons. The summed E-state index contributed by atoms with van der Waals surface area (Å²) in [5, 5.41) is 4.02. The fourth-order valence-electron chi connectivity index (χ4n) is 2.58. The Bertz CT molecular complexity index is 538. The van der Waals surface area contributed by atoms with Crippen LogP contribution in [-0.2, 0) is 0 Å². The van der Waals surface area contributed by atoms with Crippen molar-refractivity contribution in [2.75, 3.05) is 13.1 Å². The zero-order valence-corrected chi connectivity index (χ0v) is 11.9. The molecule has 2 heterocycles. The van der Waals surface area contributed by atoms with Crippen LogP contribution in [-0.4, -0.2) is 18.1 Å². The van der Waals surface area contributed by atoms with E-state index in [9.17, 15) is 0 Å². The molecule has 3 rings (SSSR count). The molecule has 104 valence electrons. The summed E-state index contributed by atoms with van der Waals surface area (Å²) in [6.07, 6.45) is 2.76. The van der Waals surface area contributed by atoms with Crippen LogP contribution in [0.4, 0.5) is 0 Å². The highest BCUT2D eigenvalue weighted by atomic mass is 35.5. The minimum Gasteiger partial charge on any atom is -0.469 e. The van der Waals surface area contributed by atoms with Crippen LogP contribution >= 0.6 is 11.6 Å². The standard InChI is InChI=1S/C16H17ClN2O/c17-14-6-7-15(19-11-14)20-16(13-8-9-18-10-13)12-4-2-1-3-5-12/h1-7,11,13,16,18H,8-10H2/t13-,16-/m0/s1. The second-order valence-corrected chi connectivity index (χ2v) is 5.45. The fourth-order valence-corrected chi connectivity index (χ4v) is 2.69. The van der Waals surface area contributed by atoms with Gasteiger partial charge in [-0.05, 0) is 24.6 Å². The molecule has 1 aromatic heterocycles. The highest BCUT2D eigenvalue weighted by molar-refractivity contribution is 6.30. The third-order valence-electron chi connectivity index (χ3n) is 3.60. The number of hydrogen-bond acceptors (Lipinski definition) is 3. The summed E-state index contributed by atoms with van der Waals surface area (Å²) in [6, 6.07) is 14.0. The van der Waals surface area contributed by atoms with E-state index in [-0.39, 0.29) is 6.10 Å². The molecule has 0 unspecified atom stereocenters. The molecule has 1 saturated heterocycles. The summed E-state index contributed by atoms with van der Waals surface area (Å²) in [6.45, 7) is 2.03. The molecular formula is C16H17ClN2O. The van der Waals surface area contributed by atoms with Crippen molar-refractivity contribution in [1.29, 1.82) is 0 Å². The Morgan fingerprint density at radius 1 is 1.20 bits per heavy atom. The number of nitrogens with one attached hydrogen (secondary N) is 1. The number of pyridine rings is 1. The van der Waals surface area contributed by atoms with Gasteiger partial charge in [0.15, 0.2) is 0 Å². The van der Waals surface area contributed by atoms with Gasteiger partial charge in [0.05, 0.1) is 5.02 Å². The van der Waals surface area contributed by atoms with Gasteiger partial charge in [0.25, 0.3) is 0 Å². The number of ether oxygens (including phenoxy) is 1. The zero-order valence-electron chi connectivity index (χ0n) is 11.1. The average molecular weight is 289 g/mol. The van der Waals surface area contributed by atoms with Gasteiger partial charge in [0.1, 0.15) is 6.10 Å². The number of nitrogens with zero attached hydrogens (tertiary/aromatic N) is 1. The number of halogens is 1. The maximum atomic E-state index is 6.13. The molecule has 1 fully saturated rings. The van der Waals surface area contributed by atoms with Crippen LogP contribution in [0.3, 0.4) is 0 Å². The largest absolute Gasteiger partial charge is 0.469 e. The Kier molecular flexibility index (Phi) is 4.19. The van der Waals surface area contributed by atoms with Gasteiger partial charge < -0.3 is 10.1 Å². The molecule has 1 aromatic carbocycles. The molecule has 4 heteroatoms. The lowest BCUT2D eigenvalue weighted by Gasteiger charge is -2.24. The van der Waals surface area contributed by atoms with Gasteiger partial charge in [0.2, 0.25) is 5.88 Å². The van der Waals surface area contributed by atoms with Crippen molar-refractivity contribution in [2.24, 2.45) is 5.92 Å². The second kappa shape index (κ2) is 6.25. The highest BCUT2D eigenvalue weighted by Crippen LogP contribution is 2.31. The van der Waals surface area contributed by atoms with Crippen molar-refractivity contribution in [1.82, 2.24) is 10.3 Å². The van der Waals surface area contributed by atoms with E-state index in [1.54, 1.807) is 12.3 Å². The molecule has 2 atom stereocenters. The Balaban J connectivity index is 1.83. The summed E-state index contributed by atoms with van der Waals surface area (Å²) in [4.78, 5) is 4.24. The zero-order chi connectivity index (χ0) is 13.8. The molecular weight excluding hydrogens is 272 g/mol. The summed E-state index contributed by atoms with van der Waals surface area (Å²) in [7, 11) is 0. The number of rotatable bonds is 4. The molecule has 3 nitrogen and oxygen atoms in total. The van der Waals surface area contributed by atoms with E-state index in [1.807, 2.05) is 24.3 Å². The van der Waals surface area contributed by atoms with Crippen LogP contribution in [0.1, 0.15) is 18.1 Å². The molecule has 1 aliphatic rings. The maximum Gasteiger partial charge on any atom is 0.213 e. The van der Waals surface area contributed by atoms with Crippen LogP contribution in [0.25, 0.3) is 0 Å². The third kappa shape index (κ3) is 3.11. The van der Waals surface area contributed by atoms with E-state index in [1.165, 1.54) is 5.56 Å². The molecule has 0 amide bonds. The first kappa shape index (κ1) is 13.4. The van der Waals surface area contributed by atoms with Gasteiger partial charge in [-0.1, -0.05) is 41.9 Å². The lowest BCUT2D eigenvalue weighted by molar-refractivity contribution is 0.138. The lowest BCUT2D eigenvalue weighted by atomic mass is 9.95. The molecule has 1 aliphatic heterocycles. The van der Waals surface area contributed by atoms with Gasteiger partial charge >= 0.3 is 0 Å². The van der Waals surface area contributed by atoms with Gasteiger partial charge in [-0.2, -0.15) is 0 Å². The Morgan fingerprint density at radius 2 is 2.05 bits per heavy atom. The predicted octanol–water partition coefficient (Wildman–Crippen LogP) is 3.46. The first-order valence-corrected chi connectivity index (χ1v) is 7.24. The van der Waals surface area contributed by atoms with Gasteiger partial charge in [-0.25, -0.2) is 4.98 Å². The van der Waals surface area contributed by atoms with Crippen LogP contribution in [0.15, 0.2) is 48.7 Å². The van der Waals surface area contributed by atoms with Gasteiger partial charge in [0, 0.05) is 24.7 Å². The van der Waals surface area contributed by atoms with Crippen LogP contribution in [0.2, 0.25) is 5.02 Å². The molecule has 2 aromatic rings. The van der Waals surface area contributed by atoms with Crippen molar-refractivity contribution < 1.29 is 4.74 Å². The first-order chi connectivity index (χ1) is 9.83. The minimum atomic E-state index is 0.0277. The van der Waals surface area contributed by atoms with Gasteiger partial charge in [-0.3, -0.25) is 0 Å². The molecule has 1 N–H and O–H groups in total. The van der Waals surface area contributed by atoms with Crippen molar-refractivity contribution in [3.05, 3.63) is 59.2 Å². The minimum absolute atomic E-state index is 0.0277. The molecule has 0 bridgehead atoms. The van der Waals surface area contributed by atoms with Crippen molar-refractivity contribution >= 4 is 11.6 Å². The lowest BCUT2D eigenvalue weighted by Crippen LogP contribution is -2.21. The monoisotopic (exact) mass is 288 g/mol. The number of benzene rings is 1. The smallest absolute Gasteiger partial charge is 0.213 e. The molecule has 0 spiro atoms. The van der Waals surface area contributed by atoms with Crippen LogP contribution in [0, 0.1) is 5.92 Å². The summed E-state index contributed by atoms with van der Waals surface area (Å²) < 4.78 is 6.13. The van der Waals surface area contributed by atoms with Crippen LogP contribution < -0.4 is 10.1 Å². The normalized spacial score (nSPS) is 19.8. The Hall–Kier alpha value is -1.58. The van der Waals surface area contributed by atoms with Crippen molar-refractivity contribution in [3.8, 4) is 5.88 Å². The molecule has 20 heavy (non-hydrogen) atoms. The summed E-state index contributed by atoms with van der Waals surface area (Å²) in [5.74, 6) is 1.09. The maximum absolute atomic E-state index is 6.13. The molecule has 0 saturated carbocycles. The van der Waals surface area contributed by atoms with E-state index < -0.39 is 0 Å². The summed E-state index contributed by atoms with van der Waals surface area (Å²) in [5.41, 5.74) is 1.19. The number of hydrogen-bond donors (Lipinski definition) is 1. The summed E-state index contributed by atoms with van der Waals surface area (Å²) >= 11 is 5.86. The van der Waals surface area contributed by atoms with Gasteiger partial charge in [-0.15, -0.1) is 0 Å².